The van der Waals surface area contributed by atoms with Crippen LogP contribution >= 0.6 is 0 Å². The second-order valence-corrected chi connectivity index (χ2v) is 21.4. The van der Waals surface area contributed by atoms with Crippen LogP contribution in [0.4, 0.5) is 0 Å². The summed E-state index contributed by atoms with van der Waals surface area (Å²) in [6.07, 6.45) is 0. The predicted molar refractivity (Wildman–Crippen MR) is 196 cm³/mol. The summed E-state index contributed by atoms with van der Waals surface area (Å²) in [5, 5.41) is 0. The van der Waals surface area contributed by atoms with E-state index in [1.807, 2.05) is 0 Å². The first kappa shape index (κ1) is 37.6. The van der Waals surface area contributed by atoms with Crippen molar-refractivity contribution >= 4 is 0 Å². The maximum absolute atomic E-state index is 2.61. The first-order chi connectivity index (χ1) is 18.5. The third-order valence-electron chi connectivity index (χ3n) is 9.29. The summed E-state index contributed by atoms with van der Waals surface area (Å²) < 4.78 is 0. The first-order valence-electron chi connectivity index (χ1n) is 17.0. The number of rotatable bonds is 2. The van der Waals surface area contributed by atoms with Crippen LogP contribution in [0.1, 0.15) is 209 Å². The van der Waals surface area contributed by atoms with Gasteiger partial charge >= 0.3 is 0 Å². The van der Waals surface area contributed by atoms with Crippen molar-refractivity contribution in [1.82, 2.24) is 0 Å². The Bertz CT molecular complexity index is 1240. The van der Waals surface area contributed by atoms with Gasteiger partial charge in [0.1, 0.15) is 0 Å². The molecule has 0 aliphatic heterocycles. The van der Waals surface area contributed by atoms with Gasteiger partial charge in [-0.2, -0.15) is 0 Å². The van der Waals surface area contributed by atoms with Crippen LogP contribution in [0.25, 0.3) is 0 Å². The molecule has 244 valence electrons. The number of hydrogen-bond acceptors (Lipinski definition) is 0. The summed E-state index contributed by atoms with van der Waals surface area (Å²) in [6, 6.07) is 7.81. The third kappa shape index (κ3) is 7.64. The van der Waals surface area contributed by atoms with E-state index in [4.69, 9.17) is 0 Å². The molecule has 0 bridgehead atoms. The van der Waals surface area contributed by atoms with Gasteiger partial charge in [0.25, 0.3) is 0 Å². The molecule has 0 saturated carbocycles. The Balaban J connectivity index is 3.49. The second-order valence-electron chi connectivity index (χ2n) is 21.4. The van der Waals surface area contributed by atoms with Gasteiger partial charge in [0.15, 0.2) is 0 Å². The molecule has 0 fully saturated rings. The van der Waals surface area contributed by atoms with E-state index < -0.39 is 0 Å². The molecule has 0 N–H and O–H groups in total. The van der Waals surface area contributed by atoms with Crippen molar-refractivity contribution in [3.8, 4) is 0 Å². The lowest BCUT2D eigenvalue weighted by molar-refractivity contribution is 0.465. The Labute approximate surface area is 270 Å². The molecular formula is C43H72. The van der Waals surface area contributed by atoms with E-state index in [0.717, 1.165) is 0 Å². The average molecular weight is 589 g/mol. The Morgan fingerprint density at radius 3 is 0.698 bits per heavy atom. The molecule has 0 unspecified atom stereocenters. The molecule has 0 nitrogen and oxygen atoms in total. The van der Waals surface area contributed by atoms with Crippen LogP contribution in [-0.4, -0.2) is 0 Å². The largest absolute Gasteiger partial charge is 0.0561 e. The van der Waals surface area contributed by atoms with Crippen LogP contribution in [0.5, 0.6) is 0 Å². The summed E-state index contributed by atoms with van der Waals surface area (Å²) in [6.45, 7) is 55.7. The summed E-state index contributed by atoms with van der Waals surface area (Å²) in [4.78, 5) is 0. The molecule has 0 amide bonds. The van der Waals surface area contributed by atoms with Crippen molar-refractivity contribution in [2.45, 2.75) is 203 Å². The highest BCUT2D eigenvalue weighted by Gasteiger charge is 2.43. The normalized spacial score (nSPS) is 14.9. The molecule has 2 aromatic rings. The Morgan fingerprint density at radius 1 is 0.256 bits per heavy atom. The molecule has 0 spiro atoms. The quantitative estimate of drug-likeness (QED) is 0.327. The zero-order valence-electron chi connectivity index (χ0n) is 33.2. The topological polar surface area (TPSA) is 0 Å². The Morgan fingerprint density at radius 2 is 0.488 bits per heavy atom. The van der Waals surface area contributed by atoms with E-state index in [-0.39, 0.29) is 43.3 Å². The minimum absolute atomic E-state index is 0.0172. The summed E-state index contributed by atoms with van der Waals surface area (Å²) >= 11 is 0. The lowest BCUT2D eigenvalue weighted by Gasteiger charge is -2.46. The van der Waals surface area contributed by atoms with Crippen molar-refractivity contribution in [1.29, 1.82) is 0 Å². The average Bonchev–Trinajstić information content (AvgIpc) is 2.72. The van der Waals surface area contributed by atoms with E-state index in [2.05, 4.69) is 177 Å². The van der Waals surface area contributed by atoms with Crippen molar-refractivity contribution in [3.05, 3.63) is 68.3 Å². The van der Waals surface area contributed by atoms with Gasteiger partial charge in [-0.1, -0.05) is 177 Å². The van der Waals surface area contributed by atoms with Crippen LogP contribution in [0.15, 0.2) is 18.2 Å². The second kappa shape index (κ2) is 10.8. The molecule has 2 rings (SSSR count). The predicted octanol–water partition coefficient (Wildman–Crippen LogP) is 13.1. The molecule has 0 heteroatoms. The van der Waals surface area contributed by atoms with Crippen LogP contribution in [0, 0.1) is 0 Å². The minimum atomic E-state index is -0.219. The lowest BCUT2D eigenvalue weighted by atomic mass is 9.58. The molecule has 2 aromatic carbocycles. The number of benzene rings is 2. The molecule has 0 heterocycles. The third-order valence-corrected chi connectivity index (χ3v) is 9.29. The van der Waals surface area contributed by atoms with Gasteiger partial charge < -0.3 is 0 Å². The fraction of sp³-hybridized carbons (Fsp3) is 0.721. The van der Waals surface area contributed by atoms with Crippen LogP contribution in [0.2, 0.25) is 0 Å². The summed E-state index contributed by atoms with van der Waals surface area (Å²) in [5.74, 6) is 0. The first-order valence-corrected chi connectivity index (χ1v) is 17.0. The van der Waals surface area contributed by atoms with Crippen molar-refractivity contribution in [2.75, 3.05) is 0 Å². The minimum Gasteiger partial charge on any atom is -0.0561 e. The van der Waals surface area contributed by atoms with E-state index in [0.29, 0.717) is 0 Å². The van der Waals surface area contributed by atoms with Gasteiger partial charge in [-0.05, 0) is 88.0 Å². The van der Waals surface area contributed by atoms with E-state index in [9.17, 15) is 0 Å². The van der Waals surface area contributed by atoms with Gasteiger partial charge in [0.05, 0.1) is 0 Å². The summed E-state index contributed by atoms with van der Waals surface area (Å²) in [7, 11) is 0. The van der Waals surface area contributed by atoms with Gasteiger partial charge in [-0.15, -0.1) is 0 Å². The van der Waals surface area contributed by atoms with E-state index in [1.165, 1.54) is 44.5 Å². The Kier molecular flexibility index (Phi) is 9.42. The van der Waals surface area contributed by atoms with Gasteiger partial charge in [0, 0.05) is 5.41 Å². The summed E-state index contributed by atoms with van der Waals surface area (Å²) in [5.41, 5.74) is 13.5. The van der Waals surface area contributed by atoms with Crippen LogP contribution in [0.3, 0.4) is 0 Å². The monoisotopic (exact) mass is 589 g/mol. The molecule has 0 saturated heterocycles. The highest BCUT2D eigenvalue weighted by atomic mass is 14.5. The highest BCUT2D eigenvalue weighted by molar-refractivity contribution is 5.62. The smallest absolute Gasteiger partial charge is 0.0152 e. The lowest BCUT2D eigenvalue weighted by Crippen LogP contribution is -2.37. The van der Waals surface area contributed by atoms with Gasteiger partial charge in [0.2, 0.25) is 0 Å². The molecule has 43 heavy (non-hydrogen) atoms. The zero-order valence-corrected chi connectivity index (χ0v) is 33.2. The fourth-order valence-corrected chi connectivity index (χ4v) is 7.19. The maximum atomic E-state index is 2.61. The van der Waals surface area contributed by atoms with Crippen molar-refractivity contribution < 1.29 is 0 Å². The maximum Gasteiger partial charge on any atom is 0.0152 e. The van der Waals surface area contributed by atoms with Crippen LogP contribution < -0.4 is 0 Å². The molecule has 0 atom stereocenters. The van der Waals surface area contributed by atoms with Crippen molar-refractivity contribution in [3.63, 3.8) is 0 Å². The van der Waals surface area contributed by atoms with Crippen molar-refractivity contribution in [2.24, 2.45) is 0 Å². The van der Waals surface area contributed by atoms with E-state index >= 15 is 0 Å². The van der Waals surface area contributed by atoms with Gasteiger partial charge in [-0.3, -0.25) is 0 Å². The van der Waals surface area contributed by atoms with Gasteiger partial charge in [-0.25, -0.2) is 0 Å². The molecule has 0 aliphatic carbocycles. The molecule has 0 aliphatic rings. The Hall–Kier alpha value is -1.56. The zero-order chi connectivity index (χ0) is 34.3. The highest BCUT2D eigenvalue weighted by Crippen LogP contribution is 2.52. The SMILES string of the molecule is CC(C)(C)c1cc(C(C)(C)c2c(C(C)(C)C)c(C(C)(C)C)cc(C(C)(C)C)c2C(C)(C)C)cc(C(C)(C)C)c1C(C)(C)C. The molecule has 0 aromatic heterocycles. The van der Waals surface area contributed by atoms with E-state index in [1.54, 1.807) is 5.56 Å². The standard InChI is InChI=1S/C43H72/c1-36(2,3)28-24-27(25-29(37(4,5)6)32(28)40(13,14)15)43(22,23)35-33(41(16,17)18)30(38(7,8)9)26-31(39(10,11)12)34(35)42(19,20)21/h24-26H,1-23H3. The number of hydrogen-bond donors (Lipinski definition) is 0. The molecule has 0 radical (unpaired) electrons. The fourth-order valence-electron chi connectivity index (χ4n) is 7.19. The molecular weight excluding hydrogens is 516 g/mol. The van der Waals surface area contributed by atoms with Crippen LogP contribution in [-0.2, 0) is 43.3 Å².